The molecule has 182 valence electrons. The van der Waals surface area contributed by atoms with Crippen LogP contribution in [0.5, 0.6) is 11.5 Å². The zero-order valence-corrected chi connectivity index (χ0v) is 20.8. The van der Waals surface area contributed by atoms with Crippen molar-refractivity contribution in [2.75, 3.05) is 18.6 Å². The quantitative estimate of drug-likeness (QED) is 0.209. The molecule has 4 aromatic rings. The number of hydrogen-bond donors (Lipinski definition) is 1. The van der Waals surface area contributed by atoms with Crippen LogP contribution in [-0.2, 0) is 9.59 Å². The molecule has 2 heterocycles. The molecule has 1 N–H and O–H groups in total. The number of carbonyl (C=O) groups excluding carboxylic acids is 2. The first-order chi connectivity index (χ1) is 17.4. The van der Waals surface area contributed by atoms with Crippen molar-refractivity contribution in [3.63, 3.8) is 0 Å². The number of benzene rings is 3. The third-order valence-corrected chi connectivity index (χ3v) is 7.08. The minimum Gasteiger partial charge on any atom is -0.507 e. The number of anilines is 1. The Labute approximate surface area is 212 Å². The summed E-state index contributed by atoms with van der Waals surface area (Å²) in [7, 11) is 1.58. The fourth-order valence-electron chi connectivity index (χ4n) is 4.25. The number of carbonyl (C=O) groups is 2. The van der Waals surface area contributed by atoms with Crippen molar-refractivity contribution in [1.29, 1.82) is 0 Å². The molecule has 1 aliphatic rings. The molecule has 0 bridgehead atoms. The molecule has 1 amide bonds. The Hall–Kier alpha value is -4.17. The number of hydrogen-bond acceptors (Lipinski definition) is 7. The number of fused-ring (bicyclic) bond motifs is 1. The first-order valence-electron chi connectivity index (χ1n) is 11.5. The molecule has 3 aromatic carbocycles. The van der Waals surface area contributed by atoms with Gasteiger partial charge in [0.15, 0.2) is 5.13 Å². The van der Waals surface area contributed by atoms with E-state index in [4.69, 9.17) is 9.47 Å². The zero-order valence-electron chi connectivity index (χ0n) is 20.0. The molecule has 1 fully saturated rings. The molecule has 8 heteroatoms. The highest BCUT2D eigenvalue weighted by molar-refractivity contribution is 7.22. The van der Waals surface area contributed by atoms with Crippen molar-refractivity contribution in [3.8, 4) is 11.5 Å². The second-order valence-corrected chi connectivity index (χ2v) is 9.38. The van der Waals surface area contributed by atoms with Crippen molar-refractivity contribution >= 4 is 44.1 Å². The summed E-state index contributed by atoms with van der Waals surface area (Å²) in [5.41, 5.74) is 2.86. The minimum atomic E-state index is -0.834. The molecule has 0 aliphatic carbocycles. The number of aryl methyl sites for hydroxylation is 1. The minimum absolute atomic E-state index is 0.0184. The van der Waals surface area contributed by atoms with Crippen LogP contribution in [0.2, 0.25) is 0 Å². The molecule has 7 nitrogen and oxygen atoms in total. The van der Waals surface area contributed by atoms with Gasteiger partial charge in [-0.15, -0.1) is 0 Å². The summed E-state index contributed by atoms with van der Waals surface area (Å²) in [6.45, 7) is 4.36. The van der Waals surface area contributed by atoms with Crippen molar-refractivity contribution in [1.82, 2.24) is 4.98 Å². The van der Waals surface area contributed by atoms with Crippen molar-refractivity contribution in [2.45, 2.75) is 19.9 Å². The number of nitrogens with zero attached hydrogens (tertiary/aromatic N) is 2. The van der Waals surface area contributed by atoms with Gasteiger partial charge in [0.25, 0.3) is 5.78 Å². The molecule has 1 saturated heterocycles. The molecule has 0 saturated carbocycles. The van der Waals surface area contributed by atoms with Crippen LogP contribution in [0.3, 0.4) is 0 Å². The van der Waals surface area contributed by atoms with Gasteiger partial charge in [-0.25, -0.2) is 4.98 Å². The second kappa shape index (κ2) is 9.47. The Kier molecular flexibility index (Phi) is 6.20. The van der Waals surface area contributed by atoms with Crippen molar-refractivity contribution < 1.29 is 24.2 Å². The molecular formula is C28H24N2O5S. The average Bonchev–Trinajstić information content (AvgIpc) is 3.42. The predicted molar refractivity (Wildman–Crippen MR) is 140 cm³/mol. The summed E-state index contributed by atoms with van der Waals surface area (Å²) in [6.07, 6.45) is 0. The fraction of sp³-hybridized carbons (Fsp3) is 0.179. The van der Waals surface area contributed by atoms with E-state index in [9.17, 15) is 14.7 Å². The Morgan fingerprint density at radius 2 is 1.72 bits per heavy atom. The highest BCUT2D eigenvalue weighted by Crippen LogP contribution is 2.44. The molecule has 1 aromatic heterocycles. The van der Waals surface area contributed by atoms with E-state index in [2.05, 4.69) is 4.98 Å². The monoisotopic (exact) mass is 500 g/mol. The van der Waals surface area contributed by atoms with E-state index in [1.165, 1.54) is 16.2 Å². The maximum Gasteiger partial charge on any atom is 0.301 e. The van der Waals surface area contributed by atoms with Crippen LogP contribution >= 0.6 is 11.3 Å². The summed E-state index contributed by atoms with van der Waals surface area (Å²) in [5, 5.41) is 11.7. The van der Waals surface area contributed by atoms with Crippen LogP contribution in [-0.4, -0.2) is 35.5 Å². The molecule has 1 atom stereocenters. The van der Waals surface area contributed by atoms with Gasteiger partial charge in [0.2, 0.25) is 0 Å². The van der Waals surface area contributed by atoms with E-state index in [0.29, 0.717) is 39.9 Å². The van der Waals surface area contributed by atoms with Gasteiger partial charge in [0.1, 0.15) is 17.3 Å². The maximum absolute atomic E-state index is 13.4. The lowest BCUT2D eigenvalue weighted by molar-refractivity contribution is -0.132. The summed E-state index contributed by atoms with van der Waals surface area (Å²) < 4.78 is 11.6. The number of thiazole rings is 1. The summed E-state index contributed by atoms with van der Waals surface area (Å²) >= 11 is 1.29. The zero-order chi connectivity index (χ0) is 25.4. The summed E-state index contributed by atoms with van der Waals surface area (Å²) in [4.78, 5) is 32.8. The van der Waals surface area contributed by atoms with E-state index in [1.807, 2.05) is 50.2 Å². The Balaban J connectivity index is 1.67. The lowest BCUT2D eigenvalue weighted by Crippen LogP contribution is -2.29. The van der Waals surface area contributed by atoms with E-state index >= 15 is 0 Å². The highest BCUT2D eigenvalue weighted by atomic mass is 32.1. The van der Waals surface area contributed by atoms with Crippen LogP contribution in [0.15, 0.2) is 72.3 Å². The van der Waals surface area contributed by atoms with E-state index in [0.717, 1.165) is 10.3 Å². The van der Waals surface area contributed by atoms with Crippen LogP contribution < -0.4 is 14.4 Å². The van der Waals surface area contributed by atoms with Crippen LogP contribution in [0, 0.1) is 6.92 Å². The number of aromatic nitrogens is 1. The number of aliphatic hydroxyl groups is 1. The molecule has 0 radical (unpaired) electrons. The number of amides is 1. The second-order valence-electron chi connectivity index (χ2n) is 8.37. The lowest BCUT2D eigenvalue weighted by atomic mass is 9.95. The van der Waals surface area contributed by atoms with Gasteiger partial charge in [0.05, 0.1) is 35.5 Å². The van der Waals surface area contributed by atoms with Gasteiger partial charge in [-0.2, -0.15) is 0 Å². The SMILES string of the molecule is CCOc1ccc(C(O)=C2C(=O)C(=O)N(c3nc4ccc(OC)cc4s3)[C@@H]2c2ccc(C)cc2)cc1. The van der Waals surface area contributed by atoms with Gasteiger partial charge >= 0.3 is 5.91 Å². The Morgan fingerprint density at radius 1 is 1.03 bits per heavy atom. The van der Waals surface area contributed by atoms with Gasteiger partial charge in [-0.3, -0.25) is 14.5 Å². The predicted octanol–water partition coefficient (Wildman–Crippen LogP) is 5.64. The molecule has 0 unspecified atom stereocenters. The molecule has 5 rings (SSSR count). The number of ketones is 1. The van der Waals surface area contributed by atoms with Gasteiger partial charge in [0, 0.05) is 5.56 Å². The third kappa shape index (κ3) is 4.09. The smallest absolute Gasteiger partial charge is 0.301 e. The van der Waals surface area contributed by atoms with Crippen LogP contribution in [0.25, 0.3) is 16.0 Å². The van der Waals surface area contributed by atoms with Gasteiger partial charge in [-0.1, -0.05) is 41.2 Å². The van der Waals surface area contributed by atoms with Gasteiger partial charge < -0.3 is 14.6 Å². The standard InChI is InChI=1S/C28H24N2O5S/c1-4-35-19-11-9-18(10-12-19)25(31)23-24(17-7-5-16(2)6-8-17)30(27(33)26(23)32)28-29-21-14-13-20(34-3)15-22(21)36-28/h5-15,24,31H,4H2,1-3H3/t24-/m1/s1. The Bertz CT molecular complexity index is 1490. The number of methoxy groups -OCH3 is 1. The molecule has 0 spiro atoms. The first-order valence-corrected chi connectivity index (χ1v) is 12.3. The van der Waals surface area contributed by atoms with Gasteiger partial charge in [-0.05, 0) is 61.9 Å². The first kappa shape index (κ1) is 23.6. The molecule has 36 heavy (non-hydrogen) atoms. The topological polar surface area (TPSA) is 89.0 Å². The maximum atomic E-state index is 13.4. The van der Waals surface area contributed by atoms with Crippen molar-refractivity contribution in [3.05, 3.63) is 89.0 Å². The van der Waals surface area contributed by atoms with E-state index < -0.39 is 17.7 Å². The average molecular weight is 501 g/mol. The van der Waals surface area contributed by atoms with Crippen LogP contribution in [0.4, 0.5) is 5.13 Å². The number of rotatable bonds is 6. The third-order valence-electron chi connectivity index (χ3n) is 6.07. The van der Waals surface area contributed by atoms with E-state index in [1.54, 1.807) is 37.4 Å². The Morgan fingerprint density at radius 3 is 2.39 bits per heavy atom. The summed E-state index contributed by atoms with van der Waals surface area (Å²) in [6, 6.07) is 18.9. The largest absolute Gasteiger partial charge is 0.507 e. The van der Waals surface area contributed by atoms with Crippen molar-refractivity contribution in [2.24, 2.45) is 0 Å². The summed E-state index contributed by atoms with van der Waals surface area (Å²) in [5.74, 6) is -0.421. The van der Waals surface area contributed by atoms with E-state index in [-0.39, 0.29) is 11.3 Å². The fourth-order valence-corrected chi connectivity index (χ4v) is 5.27. The van der Waals surface area contributed by atoms with Crippen LogP contribution in [0.1, 0.15) is 29.7 Å². The molecular weight excluding hydrogens is 476 g/mol. The molecule has 1 aliphatic heterocycles. The number of ether oxygens (including phenoxy) is 2. The number of Topliss-reactive ketones (excluding diaryl/α,β-unsaturated/α-hetero) is 1. The number of aliphatic hydroxyl groups excluding tert-OH is 1. The highest BCUT2D eigenvalue weighted by Gasteiger charge is 2.48. The normalized spacial score (nSPS) is 17.1. The lowest BCUT2D eigenvalue weighted by Gasteiger charge is -2.23.